The average Bonchev–Trinajstić information content (AvgIpc) is 2.97. The SMILES string of the molecule is Cc1cnc(Cn2c(CCCl)nc3cc(I)c(F)cc32)s1. The van der Waals surface area contributed by atoms with Crippen molar-refractivity contribution in [3.63, 3.8) is 0 Å². The number of thiazole rings is 1. The van der Waals surface area contributed by atoms with Gasteiger partial charge in [-0.05, 0) is 35.6 Å². The minimum absolute atomic E-state index is 0.225. The van der Waals surface area contributed by atoms with E-state index in [4.69, 9.17) is 11.6 Å². The van der Waals surface area contributed by atoms with Crippen LogP contribution >= 0.6 is 45.5 Å². The van der Waals surface area contributed by atoms with Crippen LogP contribution in [0.4, 0.5) is 4.39 Å². The Bertz CT molecular complexity index is 799. The van der Waals surface area contributed by atoms with E-state index in [1.807, 2.05) is 40.3 Å². The third-order valence-corrected chi connectivity index (χ3v) is 5.06. The first-order valence-electron chi connectivity index (χ1n) is 6.40. The Labute approximate surface area is 144 Å². The predicted octanol–water partition coefficient (Wildman–Crippen LogP) is 4.37. The molecule has 0 spiro atoms. The van der Waals surface area contributed by atoms with Gasteiger partial charge >= 0.3 is 0 Å². The molecule has 21 heavy (non-hydrogen) atoms. The fourth-order valence-electron chi connectivity index (χ4n) is 2.23. The van der Waals surface area contributed by atoms with Gasteiger partial charge in [-0.2, -0.15) is 0 Å². The van der Waals surface area contributed by atoms with Crippen LogP contribution in [0.2, 0.25) is 0 Å². The Kier molecular flexibility index (Phi) is 4.46. The van der Waals surface area contributed by atoms with Gasteiger partial charge in [0.2, 0.25) is 0 Å². The largest absolute Gasteiger partial charge is 0.321 e. The molecule has 2 aromatic heterocycles. The first-order valence-corrected chi connectivity index (χ1v) is 8.83. The molecule has 1 aromatic carbocycles. The highest BCUT2D eigenvalue weighted by molar-refractivity contribution is 14.1. The van der Waals surface area contributed by atoms with E-state index < -0.39 is 0 Å². The van der Waals surface area contributed by atoms with E-state index in [2.05, 4.69) is 9.97 Å². The van der Waals surface area contributed by atoms with Crippen molar-refractivity contribution in [3.8, 4) is 0 Å². The summed E-state index contributed by atoms with van der Waals surface area (Å²) in [5.41, 5.74) is 1.59. The summed E-state index contributed by atoms with van der Waals surface area (Å²) in [5, 5.41) is 0.988. The lowest BCUT2D eigenvalue weighted by Gasteiger charge is -2.06. The van der Waals surface area contributed by atoms with Gasteiger partial charge in [0.1, 0.15) is 16.6 Å². The maximum atomic E-state index is 13.9. The van der Waals surface area contributed by atoms with Crippen LogP contribution in [-0.4, -0.2) is 20.4 Å². The fourth-order valence-corrected chi connectivity index (χ4v) is 3.63. The summed E-state index contributed by atoms with van der Waals surface area (Å²) in [6, 6.07) is 3.31. The van der Waals surface area contributed by atoms with Crippen LogP contribution in [0.25, 0.3) is 11.0 Å². The molecule has 0 N–H and O–H groups in total. The maximum Gasteiger partial charge on any atom is 0.138 e. The van der Waals surface area contributed by atoms with Crippen LogP contribution in [0.3, 0.4) is 0 Å². The highest BCUT2D eigenvalue weighted by Crippen LogP contribution is 2.24. The van der Waals surface area contributed by atoms with E-state index >= 15 is 0 Å². The van der Waals surface area contributed by atoms with Gasteiger partial charge in [0.15, 0.2) is 0 Å². The van der Waals surface area contributed by atoms with Crippen LogP contribution in [0.15, 0.2) is 18.3 Å². The summed E-state index contributed by atoms with van der Waals surface area (Å²) in [4.78, 5) is 10.1. The van der Waals surface area contributed by atoms with E-state index in [1.54, 1.807) is 23.5 Å². The van der Waals surface area contributed by atoms with E-state index in [1.165, 1.54) is 0 Å². The van der Waals surface area contributed by atoms with Gasteiger partial charge in [-0.1, -0.05) is 0 Å². The predicted molar refractivity (Wildman–Crippen MR) is 92.8 cm³/mol. The second-order valence-corrected chi connectivity index (χ2v) is 7.53. The lowest BCUT2D eigenvalue weighted by molar-refractivity contribution is 0.620. The van der Waals surface area contributed by atoms with Crippen molar-refractivity contribution in [2.75, 3.05) is 5.88 Å². The molecule has 0 bridgehead atoms. The minimum atomic E-state index is -0.225. The summed E-state index contributed by atoms with van der Waals surface area (Å²) < 4.78 is 16.5. The molecular formula is C14H12ClFIN3S. The molecule has 0 fully saturated rings. The summed E-state index contributed by atoms with van der Waals surface area (Å²) in [5.74, 6) is 1.13. The average molecular weight is 436 g/mol. The molecule has 3 nitrogen and oxygen atoms in total. The second-order valence-electron chi connectivity index (χ2n) is 4.67. The molecule has 0 radical (unpaired) electrons. The molecule has 0 aliphatic carbocycles. The summed E-state index contributed by atoms with van der Waals surface area (Å²) in [6.07, 6.45) is 2.50. The van der Waals surface area contributed by atoms with Crippen LogP contribution in [0.5, 0.6) is 0 Å². The van der Waals surface area contributed by atoms with Crippen molar-refractivity contribution in [2.45, 2.75) is 19.9 Å². The van der Waals surface area contributed by atoms with Crippen molar-refractivity contribution in [1.82, 2.24) is 14.5 Å². The zero-order valence-corrected chi connectivity index (χ0v) is 15.0. The number of rotatable bonds is 4. The van der Waals surface area contributed by atoms with E-state index in [-0.39, 0.29) is 5.82 Å². The molecule has 7 heteroatoms. The quantitative estimate of drug-likeness (QED) is 0.450. The molecule has 0 atom stereocenters. The van der Waals surface area contributed by atoms with Crippen molar-refractivity contribution in [3.05, 3.63) is 43.4 Å². The van der Waals surface area contributed by atoms with Crippen molar-refractivity contribution in [2.24, 2.45) is 0 Å². The molecule has 110 valence electrons. The normalized spacial score (nSPS) is 11.4. The Hall–Kier alpha value is -0.730. The number of benzene rings is 1. The minimum Gasteiger partial charge on any atom is -0.321 e. The van der Waals surface area contributed by atoms with Crippen molar-refractivity contribution >= 4 is 56.6 Å². The molecule has 3 rings (SSSR count). The zero-order chi connectivity index (χ0) is 15.0. The van der Waals surface area contributed by atoms with Gasteiger partial charge in [-0.25, -0.2) is 14.4 Å². The number of alkyl halides is 1. The summed E-state index contributed by atoms with van der Waals surface area (Å²) in [7, 11) is 0. The Balaban J connectivity index is 2.12. The Morgan fingerprint density at radius 2 is 2.24 bits per heavy atom. The fraction of sp³-hybridized carbons (Fsp3) is 0.286. The van der Waals surface area contributed by atoms with Gasteiger partial charge in [0.05, 0.1) is 21.1 Å². The molecule has 2 heterocycles. The summed E-state index contributed by atoms with van der Waals surface area (Å²) >= 11 is 9.49. The molecule has 0 saturated heterocycles. The number of aryl methyl sites for hydroxylation is 2. The molecule has 0 aliphatic rings. The van der Waals surface area contributed by atoms with Crippen LogP contribution in [0.1, 0.15) is 15.7 Å². The highest BCUT2D eigenvalue weighted by atomic mass is 127. The summed E-state index contributed by atoms with van der Waals surface area (Å²) in [6.45, 7) is 2.62. The number of nitrogens with zero attached hydrogens (tertiary/aromatic N) is 3. The third kappa shape index (κ3) is 3.07. The third-order valence-electron chi connectivity index (χ3n) is 3.15. The molecule has 3 aromatic rings. The topological polar surface area (TPSA) is 30.7 Å². The smallest absolute Gasteiger partial charge is 0.138 e. The molecule has 0 unspecified atom stereocenters. The Morgan fingerprint density at radius 3 is 2.90 bits per heavy atom. The number of hydrogen-bond acceptors (Lipinski definition) is 3. The van der Waals surface area contributed by atoms with Crippen LogP contribution in [0, 0.1) is 16.3 Å². The highest BCUT2D eigenvalue weighted by Gasteiger charge is 2.14. The van der Waals surface area contributed by atoms with Crippen molar-refractivity contribution in [1.29, 1.82) is 0 Å². The lowest BCUT2D eigenvalue weighted by atomic mass is 10.3. The first kappa shape index (κ1) is 15.2. The number of hydrogen-bond donors (Lipinski definition) is 0. The van der Waals surface area contributed by atoms with Gasteiger partial charge in [-0.3, -0.25) is 0 Å². The van der Waals surface area contributed by atoms with E-state index in [9.17, 15) is 4.39 Å². The van der Waals surface area contributed by atoms with Gasteiger partial charge in [0, 0.05) is 29.4 Å². The Morgan fingerprint density at radius 1 is 1.43 bits per heavy atom. The van der Waals surface area contributed by atoms with Crippen LogP contribution in [-0.2, 0) is 13.0 Å². The molecule has 0 aliphatic heterocycles. The van der Waals surface area contributed by atoms with E-state index in [0.717, 1.165) is 26.7 Å². The first-order chi connectivity index (χ1) is 10.1. The second kappa shape index (κ2) is 6.18. The number of imidazole rings is 1. The van der Waals surface area contributed by atoms with Crippen LogP contribution < -0.4 is 0 Å². The van der Waals surface area contributed by atoms with Gasteiger partial charge < -0.3 is 4.57 Å². The number of halogens is 3. The van der Waals surface area contributed by atoms with Gasteiger partial charge in [0.25, 0.3) is 0 Å². The number of aromatic nitrogens is 3. The monoisotopic (exact) mass is 435 g/mol. The molecule has 0 saturated carbocycles. The van der Waals surface area contributed by atoms with Gasteiger partial charge in [-0.15, -0.1) is 22.9 Å². The van der Waals surface area contributed by atoms with Crippen molar-refractivity contribution < 1.29 is 4.39 Å². The molecule has 0 amide bonds. The molecular weight excluding hydrogens is 424 g/mol. The van der Waals surface area contributed by atoms with E-state index in [0.29, 0.717) is 22.4 Å². The zero-order valence-electron chi connectivity index (χ0n) is 11.2. The lowest BCUT2D eigenvalue weighted by Crippen LogP contribution is -2.05. The standard InChI is InChI=1S/C14H12ClFIN3S/c1-8-6-18-14(21-8)7-20-12-4-9(16)10(17)5-11(12)19-13(20)2-3-15/h4-6H,2-3,7H2,1H3. The number of fused-ring (bicyclic) bond motifs is 1. The maximum absolute atomic E-state index is 13.9.